The van der Waals surface area contributed by atoms with E-state index in [0.29, 0.717) is 17.2 Å². The quantitative estimate of drug-likeness (QED) is 0.434. The van der Waals surface area contributed by atoms with Crippen LogP contribution in [0.3, 0.4) is 0 Å². The molecule has 8 nitrogen and oxygen atoms in total. The molecule has 1 aromatic heterocycles. The first-order chi connectivity index (χ1) is 15.7. The summed E-state index contributed by atoms with van der Waals surface area (Å²) in [5.41, 5.74) is 7.44. The normalized spacial score (nSPS) is 11.6. The number of aromatic nitrogens is 1. The molecule has 0 saturated heterocycles. The highest BCUT2D eigenvalue weighted by Gasteiger charge is 2.23. The SMILES string of the molecule is CCC(Oc1nc(Oc2cc(C(=O)O)cc(-c3cccc(CN)c3)c2)c(F)cc1F)C(=O)O. The lowest BCUT2D eigenvalue weighted by atomic mass is 10.0. The maximum atomic E-state index is 14.3. The highest BCUT2D eigenvalue weighted by atomic mass is 19.1. The molecule has 10 heteroatoms. The van der Waals surface area contributed by atoms with Crippen molar-refractivity contribution in [2.24, 2.45) is 5.73 Å². The molecular formula is C23H20F2N2O6. The molecule has 1 unspecified atom stereocenters. The fraction of sp³-hybridized carbons (Fsp3) is 0.174. The lowest BCUT2D eigenvalue weighted by Crippen LogP contribution is -2.26. The molecule has 1 atom stereocenters. The molecule has 33 heavy (non-hydrogen) atoms. The van der Waals surface area contributed by atoms with Gasteiger partial charge < -0.3 is 25.4 Å². The average Bonchev–Trinajstić information content (AvgIpc) is 2.79. The Morgan fingerprint density at radius 1 is 1.03 bits per heavy atom. The number of halogens is 2. The minimum absolute atomic E-state index is 0.00982. The van der Waals surface area contributed by atoms with Gasteiger partial charge in [-0.3, -0.25) is 0 Å². The van der Waals surface area contributed by atoms with Crippen LogP contribution in [0, 0.1) is 11.6 Å². The van der Waals surface area contributed by atoms with Gasteiger partial charge in [0, 0.05) is 12.6 Å². The number of rotatable bonds is 9. The van der Waals surface area contributed by atoms with Crippen molar-refractivity contribution in [2.45, 2.75) is 26.0 Å². The van der Waals surface area contributed by atoms with E-state index < -0.39 is 41.4 Å². The zero-order valence-corrected chi connectivity index (χ0v) is 17.4. The van der Waals surface area contributed by atoms with Gasteiger partial charge in [0.15, 0.2) is 17.7 Å². The molecule has 4 N–H and O–H groups in total. The summed E-state index contributed by atoms with van der Waals surface area (Å²) in [5.74, 6) is -6.54. The second-order valence-corrected chi connectivity index (χ2v) is 6.97. The van der Waals surface area contributed by atoms with E-state index in [1.165, 1.54) is 19.1 Å². The van der Waals surface area contributed by atoms with Crippen LogP contribution in [0.15, 0.2) is 48.5 Å². The number of benzene rings is 2. The number of carboxylic acids is 2. The summed E-state index contributed by atoms with van der Waals surface area (Å²) in [5, 5.41) is 18.6. The van der Waals surface area contributed by atoms with Crippen LogP contribution in [0.25, 0.3) is 11.1 Å². The van der Waals surface area contributed by atoms with Crippen LogP contribution in [0.1, 0.15) is 29.3 Å². The van der Waals surface area contributed by atoms with E-state index >= 15 is 0 Å². The maximum absolute atomic E-state index is 14.3. The first-order valence-electron chi connectivity index (χ1n) is 9.83. The van der Waals surface area contributed by atoms with Crippen LogP contribution >= 0.6 is 0 Å². The van der Waals surface area contributed by atoms with Crippen molar-refractivity contribution in [1.29, 1.82) is 0 Å². The number of aliphatic carboxylic acids is 1. The van der Waals surface area contributed by atoms with Gasteiger partial charge in [-0.2, -0.15) is 4.98 Å². The summed E-state index contributed by atoms with van der Waals surface area (Å²) in [6.07, 6.45) is -1.39. The number of aromatic carboxylic acids is 1. The minimum atomic E-state index is -1.40. The fourth-order valence-electron chi connectivity index (χ4n) is 2.97. The number of pyridine rings is 1. The number of carbonyl (C=O) groups is 2. The van der Waals surface area contributed by atoms with E-state index in [2.05, 4.69) is 4.98 Å². The van der Waals surface area contributed by atoms with E-state index in [4.69, 9.17) is 20.3 Å². The Balaban J connectivity index is 2.01. The molecule has 2 aromatic carbocycles. The van der Waals surface area contributed by atoms with Gasteiger partial charge in [-0.05, 0) is 47.4 Å². The molecule has 3 aromatic rings. The Labute approximate surface area is 187 Å². The molecule has 0 fully saturated rings. The molecule has 0 spiro atoms. The molecule has 1 heterocycles. The molecule has 172 valence electrons. The van der Waals surface area contributed by atoms with Crippen molar-refractivity contribution >= 4 is 11.9 Å². The number of ether oxygens (including phenoxy) is 2. The van der Waals surface area contributed by atoms with Gasteiger partial charge in [0.2, 0.25) is 0 Å². The summed E-state index contributed by atoms with van der Waals surface area (Å²) < 4.78 is 38.9. The van der Waals surface area contributed by atoms with Gasteiger partial charge in [-0.1, -0.05) is 25.1 Å². The van der Waals surface area contributed by atoms with Gasteiger partial charge >= 0.3 is 11.9 Å². The molecule has 0 saturated carbocycles. The summed E-state index contributed by atoms with van der Waals surface area (Å²) in [7, 11) is 0. The van der Waals surface area contributed by atoms with E-state index in [1.807, 2.05) is 6.07 Å². The molecule has 0 bridgehead atoms. The van der Waals surface area contributed by atoms with Gasteiger partial charge in [0.05, 0.1) is 5.56 Å². The predicted molar refractivity (Wildman–Crippen MR) is 113 cm³/mol. The Morgan fingerprint density at radius 3 is 2.39 bits per heavy atom. The largest absolute Gasteiger partial charge is 0.479 e. The second-order valence-electron chi connectivity index (χ2n) is 6.97. The molecule has 0 aliphatic carbocycles. The maximum Gasteiger partial charge on any atom is 0.344 e. The van der Waals surface area contributed by atoms with Crippen molar-refractivity contribution < 1.29 is 38.1 Å². The standard InChI is InChI=1S/C23H20F2N2O6/c1-2-19(23(30)31)33-21-18(25)10-17(24)20(27-21)32-16-8-14(7-15(9-16)22(28)29)13-5-3-4-12(6-13)11-26/h3-10,19H,2,11,26H2,1H3,(H,28,29)(H,30,31). The topological polar surface area (TPSA) is 132 Å². The fourth-order valence-corrected chi connectivity index (χ4v) is 2.97. The third-order valence-corrected chi connectivity index (χ3v) is 4.63. The Bertz CT molecular complexity index is 1200. The first-order valence-corrected chi connectivity index (χ1v) is 9.83. The third-order valence-electron chi connectivity index (χ3n) is 4.63. The third kappa shape index (κ3) is 5.60. The Hall–Kier alpha value is -4.05. The number of hydrogen-bond donors (Lipinski definition) is 3. The van der Waals surface area contributed by atoms with E-state index in [0.717, 1.165) is 11.6 Å². The van der Waals surface area contributed by atoms with E-state index in [1.54, 1.807) is 18.2 Å². The highest BCUT2D eigenvalue weighted by molar-refractivity contribution is 5.90. The zero-order valence-electron chi connectivity index (χ0n) is 17.4. The van der Waals surface area contributed by atoms with E-state index in [9.17, 15) is 23.5 Å². The van der Waals surface area contributed by atoms with Crippen LogP contribution in [0.2, 0.25) is 0 Å². The average molecular weight is 458 g/mol. The van der Waals surface area contributed by atoms with Gasteiger partial charge in [-0.25, -0.2) is 18.4 Å². The molecule has 3 rings (SSSR count). The first kappa shape index (κ1) is 23.6. The lowest BCUT2D eigenvalue weighted by molar-refractivity contribution is -0.145. The van der Waals surface area contributed by atoms with Gasteiger partial charge in [0.1, 0.15) is 5.75 Å². The van der Waals surface area contributed by atoms with E-state index in [-0.39, 0.29) is 24.3 Å². The molecule has 0 aliphatic heterocycles. The van der Waals surface area contributed by atoms with Crippen LogP contribution in [0.4, 0.5) is 8.78 Å². The van der Waals surface area contributed by atoms with Crippen LogP contribution < -0.4 is 15.2 Å². The monoisotopic (exact) mass is 458 g/mol. The molecule has 0 amide bonds. The smallest absolute Gasteiger partial charge is 0.344 e. The molecule has 0 radical (unpaired) electrons. The van der Waals surface area contributed by atoms with Crippen LogP contribution in [-0.2, 0) is 11.3 Å². The summed E-state index contributed by atoms with van der Waals surface area (Å²) in [6, 6.07) is 11.5. The van der Waals surface area contributed by atoms with Gasteiger partial charge in [0.25, 0.3) is 11.8 Å². The van der Waals surface area contributed by atoms with Crippen LogP contribution in [0.5, 0.6) is 17.5 Å². The minimum Gasteiger partial charge on any atom is -0.479 e. The van der Waals surface area contributed by atoms with Crippen molar-refractivity contribution in [2.75, 3.05) is 0 Å². The summed E-state index contributed by atoms with van der Waals surface area (Å²) >= 11 is 0. The van der Waals surface area contributed by atoms with Crippen molar-refractivity contribution in [3.63, 3.8) is 0 Å². The van der Waals surface area contributed by atoms with Crippen molar-refractivity contribution in [3.8, 4) is 28.6 Å². The number of hydrogen-bond acceptors (Lipinski definition) is 6. The summed E-state index contributed by atoms with van der Waals surface area (Å²) in [6.45, 7) is 1.79. The zero-order chi connectivity index (χ0) is 24.1. The Morgan fingerprint density at radius 2 is 1.76 bits per heavy atom. The molecular weight excluding hydrogens is 438 g/mol. The predicted octanol–water partition coefficient (Wildman–Crippen LogP) is 4.22. The highest BCUT2D eigenvalue weighted by Crippen LogP contribution is 2.32. The number of nitrogens with zero attached hydrogens (tertiary/aromatic N) is 1. The number of carboxylic acid groups (broad SMARTS) is 2. The van der Waals surface area contributed by atoms with Crippen molar-refractivity contribution in [3.05, 3.63) is 71.3 Å². The van der Waals surface area contributed by atoms with Crippen LogP contribution in [-0.4, -0.2) is 33.2 Å². The lowest BCUT2D eigenvalue weighted by Gasteiger charge is -2.15. The van der Waals surface area contributed by atoms with Gasteiger partial charge in [-0.15, -0.1) is 0 Å². The molecule has 0 aliphatic rings. The number of nitrogens with two attached hydrogens (primary N) is 1. The summed E-state index contributed by atoms with van der Waals surface area (Å²) in [4.78, 5) is 26.4. The second kappa shape index (κ2) is 10.0. The Kier molecular flexibility index (Phi) is 7.19. The van der Waals surface area contributed by atoms with Crippen molar-refractivity contribution in [1.82, 2.24) is 4.98 Å².